The third-order valence-corrected chi connectivity index (χ3v) is 4.12. The number of nitrogens with zero attached hydrogens (tertiary/aromatic N) is 3. The summed E-state index contributed by atoms with van der Waals surface area (Å²) in [6, 6.07) is 0. The molecule has 0 unspecified atom stereocenters. The monoisotopic (exact) mass is 267 g/mol. The molecule has 5 heteroatoms. The molecule has 0 radical (unpaired) electrons. The van der Waals surface area contributed by atoms with Crippen LogP contribution in [0.5, 0.6) is 0 Å². The lowest BCUT2D eigenvalue weighted by Crippen LogP contribution is -2.48. The van der Waals surface area contributed by atoms with Gasteiger partial charge in [0.1, 0.15) is 6.42 Å². The lowest BCUT2D eigenvalue weighted by Gasteiger charge is -2.32. The molecule has 2 aliphatic heterocycles. The second kappa shape index (κ2) is 6.89. The minimum atomic E-state index is 0.00217. The Morgan fingerprint density at radius 1 is 0.737 bits per heavy atom. The van der Waals surface area contributed by atoms with Gasteiger partial charge in [-0.3, -0.25) is 9.59 Å². The molecule has 2 saturated heterocycles. The van der Waals surface area contributed by atoms with Crippen molar-refractivity contribution in [1.82, 2.24) is 14.7 Å². The van der Waals surface area contributed by atoms with Gasteiger partial charge in [-0.25, -0.2) is 0 Å². The van der Waals surface area contributed by atoms with Crippen LogP contribution in [0.4, 0.5) is 0 Å². The van der Waals surface area contributed by atoms with Crippen LogP contribution in [0.1, 0.15) is 32.1 Å². The van der Waals surface area contributed by atoms with Crippen molar-refractivity contribution in [2.45, 2.75) is 32.1 Å². The molecule has 5 nitrogen and oxygen atoms in total. The Morgan fingerprint density at radius 2 is 1.21 bits per heavy atom. The topological polar surface area (TPSA) is 43.9 Å². The van der Waals surface area contributed by atoms with Crippen molar-refractivity contribution in [3.63, 3.8) is 0 Å². The first-order chi connectivity index (χ1) is 9.16. The summed E-state index contributed by atoms with van der Waals surface area (Å²) in [5.41, 5.74) is 0. The van der Waals surface area contributed by atoms with Crippen LogP contribution in [0.15, 0.2) is 0 Å². The number of likely N-dealkylation sites (tertiary alicyclic amines) is 1. The SMILES string of the molecule is CN1CCN(C(=O)CC(=O)N2CCCCCC2)CC1. The summed E-state index contributed by atoms with van der Waals surface area (Å²) in [4.78, 5) is 30.2. The van der Waals surface area contributed by atoms with Crippen LogP contribution < -0.4 is 0 Å². The zero-order chi connectivity index (χ0) is 13.7. The summed E-state index contributed by atoms with van der Waals surface area (Å²) in [7, 11) is 2.06. The maximum atomic E-state index is 12.1. The lowest BCUT2D eigenvalue weighted by molar-refractivity contribution is -0.141. The van der Waals surface area contributed by atoms with E-state index in [1.165, 1.54) is 12.8 Å². The summed E-state index contributed by atoms with van der Waals surface area (Å²) in [5, 5.41) is 0. The molecular formula is C14H25N3O2. The average molecular weight is 267 g/mol. The standard InChI is InChI=1S/C14H25N3O2/c1-15-8-10-17(11-9-15)14(19)12-13(18)16-6-4-2-3-5-7-16/h2-12H2,1H3. The molecule has 2 amide bonds. The Bertz CT molecular complexity index is 317. The number of piperazine rings is 1. The van der Waals surface area contributed by atoms with E-state index in [1.807, 2.05) is 9.80 Å². The van der Waals surface area contributed by atoms with E-state index in [1.54, 1.807) is 0 Å². The van der Waals surface area contributed by atoms with Crippen molar-refractivity contribution < 1.29 is 9.59 Å². The Morgan fingerprint density at radius 3 is 1.74 bits per heavy atom. The van der Waals surface area contributed by atoms with Gasteiger partial charge in [-0.05, 0) is 19.9 Å². The van der Waals surface area contributed by atoms with Crippen LogP contribution in [0, 0.1) is 0 Å². The van der Waals surface area contributed by atoms with E-state index >= 15 is 0 Å². The molecule has 0 saturated carbocycles. The van der Waals surface area contributed by atoms with Crippen molar-refractivity contribution in [2.24, 2.45) is 0 Å². The molecule has 0 aliphatic carbocycles. The highest BCUT2D eigenvalue weighted by Crippen LogP contribution is 2.11. The quantitative estimate of drug-likeness (QED) is 0.686. The fraction of sp³-hybridized carbons (Fsp3) is 0.857. The van der Waals surface area contributed by atoms with Gasteiger partial charge in [0, 0.05) is 39.3 Å². The van der Waals surface area contributed by atoms with E-state index in [9.17, 15) is 9.59 Å². The van der Waals surface area contributed by atoms with Crippen LogP contribution in [0.2, 0.25) is 0 Å². The summed E-state index contributed by atoms with van der Waals surface area (Å²) in [6.45, 7) is 4.97. The minimum absolute atomic E-state index is 0.00217. The summed E-state index contributed by atoms with van der Waals surface area (Å²) in [6.07, 6.45) is 4.62. The molecule has 2 aliphatic rings. The van der Waals surface area contributed by atoms with Crippen LogP contribution in [0.3, 0.4) is 0 Å². The second-order valence-corrected chi connectivity index (χ2v) is 5.66. The van der Waals surface area contributed by atoms with Gasteiger partial charge in [-0.1, -0.05) is 12.8 Å². The molecule has 0 spiro atoms. The van der Waals surface area contributed by atoms with Crippen LogP contribution in [-0.2, 0) is 9.59 Å². The van der Waals surface area contributed by atoms with Gasteiger partial charge in [-0.15, -0.1) is 0 Å². The van der Waals surface area contributed by atoms with Gasteiger partial charge >= 0.3 is 0 Å². The third-order valence-electron chi connectivity index (χ3n) is 4.12. The third kappa shape index (κ3) is 4.20. The van der Waals surface area contributed by atoms with Crippen molar-refractivity contribution in [3.05, 3.63) is 0 Å². The van der Waals surface area contributed by atoms with Gasteiger partial charge in [-0.2, -0.15) is 0 Å². The zero-order valence-corrected chi connectivity index (χ0v) is 11.9. The Hall–Kier alpha value is -1.10. The number of rotatable bonds is 2. The maximum absolute atomic E-state index is 12.1. The Labute approximate surface area is 115 Å². The number of amides is 2. The number of likely N-dealkylation sites (N-methyl/N-ethyl adjacent to an activating group) is 1. The van der Waals surface area contributed by atoms with E-state index in [2.05, 4.69) is 11.9 Å². The molecule has 0 N–H and O–H groups in total. The fourth-order valence-corrected chi connectivity index (χ4v) is 2.73. The van der Waals surface area contributed by atoms with E-state index in [0.717, 1.165) is 52.1 Å². The summed E-state index contributed by atoms with van der Waals surface area (Å²) >= 11 is 0. The molecule has 2 heterocycles. The van der Waals surface area contributed by atoms with E-state index in [-0.39, 0.29) is 18.2 Å². The predicted octanol–water partition coefficient (Wildman–Crippen LogP) is 0.553. The number of carbonyl (C=O) groups excluding carboxylic acids is 2. The summed E-state index contributed by atoms with van der Waals surface area (Å²) < 4.78 is 0. The summed E-state index contributed by atoms with van der Waals surface area (Å²) in [5.74, 6) is 0.0215. The van der Waals surface area contributed by atoms with Crippen LogP contribution in [-0.4, -0.2) is 72.8 Å². The zero-order valence-electron chi connectivity index (χ0n) is 11.9. The highest BCUT2D eigenvalue weighted by molar-refractivity contribution is 5.96. The molecular weight excluding hydrogens is 242 g/mol. The van der Waals surface area contributed by atoms with Crippen molar-refractivity contribution in [3.8, 4) is 0 Å². The highest BCUT2D eigenvalue weighted by atomic mass is 16.2. The Kier molecular flexibility index (Phi) is 5.19. The first-order valence-corrected chi connectivity index (χ1v) is 7.41. The first-order valence-electron chi connectivity index (χ1n) is 7.41. The minimum Gasteiger partial charge on any atom is -0.342 e. The van der Waals surface area contributed by atoms with Crippen LogP contribution >= 0.6 is 0 Å². The van der Waals surface area contributed by atoms with Gasteiger partial charge in [0.15, 0.2) is 0 Å². The van der Waals surface area contributed by atoms with Crippen molar-refractivity contribution in [2.75, 3.05) is 46.3 Å². The van der Waals surface area contributed by atoms with E-state index in [4.69, 9.17) is 0 Å². The molecule has 2 fully saturated rings. The molecule has 0 bridgehead atoms. The molecule has 0 atom stereocenters. The maximum Gasteiger partial charge on any atom is 0.232 e. The fourth-order valence-electron chi connectivity index (χ4n) is 2.73. The molecule has 0 aromatic rings. The van der Waals surface area contributed by atoms with Gasteiger partial charge in [0.05, 0.1) is 0 Å². The van der Waals surface area contributed by atoms with Crippen molar-refractivity contribution in [1.29, 1.82) is 0 Å². The predicted molar refractivity (Wildman–Crippen MR) is 73.7 cm³/mol. The molecule has 0 aromatic carbocycles. The average Bonchev–Trinajstić information content (AvgIpc) is 2.68. The molecule has 19 heavy (non-hydrogen) atoms. The first kappa shape index (κ1) is 14.3. The number of carbonyl (C=O) groups is 2. The molecule has 108 valence electrons. The Balaban J connectivity index is 1.79. The van der Waals surface area contributed by atoms with E-state index < -0.39 is 0 Å². The lowest BCUT2D eigenvalue weighted by atomic mass is 10.2. The van der Waals surface area contributed by atoms with Crippen molar-refractivity contribution >= 4 is 11.8 Å². The van der Waals surface area contributed by atoms with Gasteiger partial charge in [0.25, 0.3) is 0 Å². The highest BCUT2D eigenvalue weighted by Gasteiger charge is 2.24. The normalized spacial score (nSPS) is 22.2. The van der Waals surface area contributed by atoms with Crippen LogP contribution in [0.25, 0.3) is 0 Å². The second-order valence-electron chi connectivity index (χ2n) is 5.66. The molecule has 2 rings (SSSR count). The molecule has 0 aromatic heterocycles. The van der Waals surface area contributed by atoms with Gasteiger partial charge in [0.2, 0.25) is 11.8 Å². The number of hydrogen-bond acceptors (Lipinski definition) is 3. The smallest absolute Gasteiger partial charge is 0.232 e. The largest absolute Gasteiger partial charge is 0.342 e. The number of hydrogen-bond donors (Lipinski definition) is 0. The van der Waals surface area contributed by atoms with E-state index in [0.29, 0.717) is 0 Å². The van der Waals surface area contributed by atoms with Gasteiger partial charge < -0.3 is 14.7 Å².